The molecule has 0 aliphatic rings. The molecular weight excluding hydrogens is 304 g/mol. The van der Waals surface area contributed by atoms with Crippen LogP contribution in [0.25, 0.3) is 22.7 Å². The van der Waals surface area contributed by atoms with Crippen LogP contribution in [0.15, 0.2) is 45.4 Å². The van der Waals surface area contributed by atoms with Crippen LogP contribution in [0.3, 0.4) is 0 Å². The summed E-state index contributed by atoms with van der Waals surface area (Å²) in [6.45, 7) is 0. The van der Waals surface area contributed by atoms with Crippen LogP contribution in [0.2, 0.25) is 5.02 Å². The van der Waals surface area contributed by atoms with Crippen molar-refractivity contribution in [2.24, 2.45) is 0 Å². The second-order valence-electron chi connectivity index (χ2n) is 3.50. The average molecular weight is 310 g/mol. The summed E-state index contributed by atoms with van der Waals surface area (Å²) in [6, 6.07) is 9.17. The lowest BCUT2D eigenvalue weighted by Gasteiger charge is -1.93. The number of benzene rings is 1. The fraction of sp³-hybridized carbons (Fsp3) is 0. The van der Waals surface area contributed by atoms with E-state index >= 15 is 0 Å². The van der Waals surface area contributed by atoms with E-state index in [2.05, 4.69) is 25.9 Å². The van der Waals surface area contributed by atoms with E-state index in [9.17, 15) is 0 Å². The van der Waals surface area contributed by atoms with Crippen LogP contribution in [0.1, 0.15) is 0 Å². The molecule has 2 heterocycles. The molecule has 0 saturated heterocycles. The molecule has 3 aromatic rings. The highest BCUT2D eigenvalue weighted by molar-refractivity contribution is 9.10. The van der Waals surface area contributed by atoms with Gasteiger partial charge in [-0.05, 0) is 40.2 Å². The molecule has 0 unspecified atom stereocenters. The SMILES string of the molecule is Clc1ccc(-c2nc3ncc(Br)cc3o2)cc1. The van der Waals surface area contributed by atoms with E-state index in [4.69, 9.17) is 16.0 Å². The van der Waals surface area contributed by atoms with E-state index in [-0.39, 0.29) is 0 Å². The highest BCUT2D eigenvalue weighted by Crippen LogP contribution is 2.25. The third kappa shape index (κ3) is 2.06. The first kappa shape index (κ1) is 10.7. The number of hydrogen-bond donors (Lipinski definition) is 0. The Balaban J connectivity index is 2.14. The Kier molecular flexibility index (Phi) is 2.61. The largest absolute Gasteiger partial charge is 0.434 e. The van der Waals surface area contributed by atoms with E-state index < -0.39 is 0 Å². The lowest BCUT2D eigenvalue weighted by Crippen LogP contribution is -1.77. The molecule has 3 nitrogen and oxygen atoms in total. The van der Waals surface area contributed by atoms with Crippen LogP contribution >= 0.6 is 27.5 Å². The van der Waals surface area contributed by atoms with Gasteiger partial charge in [0, 0.05) is 27.3 Å². The van der Waals surface area contributed by atoms with Gasteiger partial charge >= 0.3 is 0 Å². The molecular formula is C12H6BrClN2O. The number of halogens is 2. The van der Waals surface area contributed by atoms with Crippen LogP contribution in [0, 0.1) is 0 Å². The first-order valence-corrected chi connectivity index (χ1v) is 6.07. The Morgan fingerprint density at radius 2 is 1.94 bits per heavy atom. The molecule has 2 aromatic heterocycles. The molecule has 0 bridgehead atoms. The van der Waals surface area contributed by atoms with Gasteiger partial charge < -0.3 is 4.42 Å². The van der Waals surface area contributed by atoms with Crippen molar-refractivity contribution >= 4 is 38.8 Å². The summed E-state index contributed by atoms with van der Waals surface area (Å²) < 4.78 is 6.49. The molecule has 5 heteroatoms. The fourth-order valence-corrected chi connectivity index (χ4v) is 1.95. The van der Waals surface area contributed by atoms with Gasteiger partial charge in [0.1, 0.15) is 0 Å². The minimum absolute atomic E-state index is 0.544. The first-order valence-electron chi connectivity index (χ1n) is 4.90. The van der Waals surface area contributed by atoms with Crippen LogP contribution in [-0.2, 0) is 0 Å². The number of oxazole rings is 1. The van der Waals surface area contributed by atoms with Crippen molar-refractivity contribution in [3.05, 3.63) is 46.0 Å². The van der Waals surface area contributed by atoms with Gasteiger partial charge in [0.2, 0.25) is 5.89 Å². The molecule has 0 N–H and O–H groups in total. The zero-order chi connectivity index (χ0) is 11.8. The van der Waals surface area contributed by atoms with E-state index in [1.807, 2.05) is 18.2 Å². The molecule has 3 rings (SSSR count). The highest BCUT2D eigenvalue weighted by atomic mass is 79.9. The normalized spacial score (nSPS) is 10.9. The molecule has 0 saturated carbocycles. The molecule has 84 valence electrons. The lowest BCUT2D eigenvalue weighted by atomic mass is 10.2. The lowest BCUT2D eigenvalue weighted by molar-refractivity contribution is 0.619. The van der Waals surface area contributed by atoms with Crippen LogP contribution in [-0.4, -0.2) is 9.97 Å². The summed E-state index contributed by atoms with van der Waals surface area (Å²) in [7, 11) is 0. The van der Waals surface area contributed by atoms with Crippen molar-refractivity contribution in [3.63, 3.8) is 0 Å². The Morgan fingerprint density at radius 1 is 1.18 bits per heavy atom. The Morgan fingerprint density at radius 3 is 2.71 bits per heavy atom. The van der Waals surface area contributed by atoms with Gasteiger partial charge in [0.15, 0.2) is 11.2 Å². The molecule has 0 aliphatic heterocycles. The van der Waals surface area contributed by atoms with Crippen LogP contribution < -0.4 is 0 Å². The number of aromatic nitrogens is 2. The number of nitrogens with zero attached hydrogens (tertiary/aromatic N) is 2. The smallest absolute Gasteiger partial charge is 0.228 e. The Labute approximate surface area is 111 Å². The molecule has 17 heavy (non-hydrogen) atoms. The van der Waals surface area contributed by atoms with Crippen molar-refractivity contribution in [1.29, 1.82) is 0 Å². The predicted octanol–water partition coefficient (Wildman–Crippen LogP) is 4.31. The van der Waals surface area contributed by atoms with Crippen LogP contribution in [0.4, 0.5) is 0 Å². The standard InChI is InChI=1S/C12H6BrClN2O/c13-8-5-10-11(15-6-8)16-12(17-10)7-1-3-9(14)4-2-7/h1-6H. The topological polar surface area (TPSA) is 38.9 Å². The Bertz CT molecular complexity index is 679. The Hall–Kier alpha value is -1.39. The molecule has 1 aromatic carbocycles. The fourth-order valence-electron chi connectivity index (χ4n) is 1.51. The monoisotopic (exact) mass is 308 g/mol. The van der Waals surface area contributed by atoms with Gasteiger partial charge in [-0.25, -0.2) is 4.98 Å². The number of rotatable bonds is 1. The molecule has 0 spiro atoms. The summed E-state index contributed by atoms with van der Waals surface area (Å²) in [6.07, 6.45) is 1.69. The minimum Gasteiger partial charge on any atom is -0.434 e. The second-order valence-corrected chi connectivity index (χ2v) is 4.85. The summed E-state index contributed by atoms with van der Waals surface area (Å²) in [5, 5.41) is 0.686. The zero-order valence-corrected chi connectivity index (χ0v) is 10.9. The molecule has 0 aliphatic carbocycles. The zero-order valence-electron chi connectivity index (χ0n) is 8.52. The predicted molar refractivity (Wildman–Crippen MR) is 70.0 cm³/mol. The third-order valence-electron chi connectivity index (χ3n) is 2.30. The maximum atomic E-state index is 5.83. The maximum absolute atomic E-state index is 5.83. The number of pyridine rings is 1. The van der Waals surface area contributed by atoms with Gasteiger partial charge in [0.25, 0.3) is 0 Å². The van der Waals surface area contributed by atoms with Crippen molar-refractivity contribution in [2.75, 3.05) is 0 Å². The summed E-state index contributed by atoms with van der Waals surface area (Å²) in [4.78, 5) is 8.48. The number of fused-ring (bicyclic) bond motifs is 1. The van der Waals surface area contributed by atoms with Gasteiger partial charge in [-0.2, -0.15) is 4.98 Å². The van der Waals surface area contributed by atoms with Gasteiger partial charge in [0.05, 0.1) is 0 Å². The maximum Gasteiger partial charge on any atom is 0.228 e. The minimum atomic E-state index is 0.544. The van der Waals surface area contributed by atoms with Gasteiger partial charge in [-0.3, -0.25) is 0 Å². The van der Waals surface area contributed by atoms with Gasteiger partial charge in [-0.15, -0.1) is 0 Å². The first-order chi connectivity index (χ1) is 8.22. The quantitative estimate of drug-likeness (QED) is 0.672. The summed E-state index contributed by atoms with van der Waals surface area (Å²) >= 11 is 9.17. The summed E-state index contributed by atoms with van der Waals surface area (Å²) in [5.74, 6) is 0.544. The number of hydrogen-bond acceptors (Lipinski definition) is 3. The average Bonchev–Trinajstić information content (AvgIpc) is 2.72. The van der Waals surface area contributed by atoms with Crippen LogP contribution in [0.5, 0.6) is 0 Å². The van der Waals surface area contributed by atoms with Crippen molar-refractivity contribution in [2.45, 2.75) is 0 Å². The van der Waals surface area contributed by atoms with Crippen molar-refractivity contribution in [3.8, 4) is 11.5 Å². The molecule has 0 atom stereocenters. The van der Waals surface area contributed by atoms with Gasteiger partial charge in [-0.1, -0.05) is 11.6 Å². The van der Waals surface area contributed by atoms with E-state index in [1.54, 1.807) is 18.3 Å². The van der Waals surface area contributed by atoms with E-state index in [1.165, 1.54) is 0 Å². The molecule has 0 amide bonds. The highest BCUT2D eigenvalue weighted by Gasteiger charge is 2.09. The third-order valence-corrected chi connectivity index (χ3v) is 2.99. The molecule has 0 fully saturated rings. The van der Waals surface area contributed by atoms with Crippen molar-refractivity contribution in [1.82, 2.24) is 9.97 Å². The van der Waals surface area contributed by atoms with E-state index in [0.29, 0.717) is 22.1 Å². The second kappa shape index (κ2) is 4.13. The van der Waals surface area contributed by atoms with Crippen molar-refractivity contribution < 1.29 is 4.42 Å². The van der Waals surface area contributed by atoms with E-state index in [0.717, 1.165) is 10.0 Å². The summed E-state index contributed by atoms with van der Waals surface area (Å²) in [5.41, 5.74) is 2.13. The molecule has 0 radical (unpaired) electrons.